The number of aliphatic hydroxyl groups is 1. The fourth-order valence-electron chi connectivity index (χ4n) is 12.2. The lowest BCUT2D eigenvalue weighted by atomic mass is 10.00. The zero-order valence-corrected chi connectivity index (χ0v) is 66.9. The van der Waals surface area contributed by atoms with Crippen LogP contribution in [-0.4, -0.2) is 96.7 Å². The number of phosphoric ester groups is 2. The van der Waals surface area contributed by atoms with E-state index in [9.17, 15) is 43.2 Å². The molecule has 0 aromatic rings. The Hall–Kier alpha value is -1.94. The summed E-state index contributed by atoms with van der Waals surface area (Å²) in [5, 5.41) is 10.6. The summed E-state index contributed by atoms with van der Waals surface area (Å²) in [6.45, 7) is 14.2. The molecule has 3 N–H and O–H groups in total. The van der Waals surface area contributed by atoms with Crippen molar-refractivity contribution in [2.75, 3.05) is 39.6 Å². The third-order valence-electron chi connectivity index (χ3n) is 19.3. The summed E-state index contributed by atoms with van der Waals surface area (Å²) in [6.07, 6.45) is 55.7. The Morgan fingerprint density at radius 3 is 0.717 bits per heavy atom. The summed E-state index contributed by atoms with van der Waals surface area (Å²) in [4.78, 5) is 72.9. The monoisotopic (exact) mass is 1450 g/mol. The molecule has 0 saturated carbocycles. The zero-order chi connectivity index (χ0) is 73.1. The molecule has 0 rings (SSSR count). The fraction of sp³-hybridized carbons (Fsp3) is 0.950. The highest BCUT2D eigenvalue weighted by Gasteiger charge is 2.30. The van der Waals surface area contributed by atoms with Gasteiger partial charge < -0.3 is 33.8 Å². The van der Waals surface area contributed by atoms with E-state index >= 15 is 0 Å². The van der Waals surface area contributed by atoms with Gasteiger partial charge in [-0.15, -0.1) is 0 Å². The smallest absolute Gasteiger partial charge is 0.462 e. The minimum atomic E-state index is -4.96. The molecule has 588 valence electrons. The van der Waals surface area contributed by atoms with E-state index in [0.717, 1.165) is 120 Å². The van der Waals surface area contributed by atoms with Crippen LogP contribution in [0.3, 0.4) is 0 Å². The van der Waals surface area contributed by atoms with Gasteiger partial charge in [-0.2, -0.15) is 0 Å². The van der Waals surface area contributed by atoms with Crippen LogP contribution in [-0.2, 0) is 65.4 Å². The molecule has 19 heteroatoms. The first-order valence-corrected chi connectivity index (χ1v) is 44.3. The molecule has 0 aromatic carbocycles. The largest absolute Gasteiger partial charge is 0.472 e. The number of hydrogen-bond acceptors (Lipinski definition) is 15. The summed E-state index contributed by atoms with van der Waals surface area (Å²) < 4.78 is 68.6. The predicted molar refractivity (Wildman–Crippen MR) is 404 cm³/mol. The number of rotatable bonds is 77. The van der Waals surface area contributed by atoms with Crippen LogP contribution in [0.15, 0.2) is 0 Å². The molecule has 0 amide bonds. The van der Waals surface area contributed by atoms with E-state index in [1.54, 1.807) is 0 Å². The average molecular weight is 1450 g/mol. The van der Waals surface area contributed by atoms with Gasteiger partial charge in [-0.1, -0.05) is 357 Å². The maximum atomic E-state index is 13.1. The lowest BCUT2D eigenvalue weighted by molar-refractivity contribution is -0.161. The first-order chi connectivity index (χ1) is 47.7. The van der Waals surface area contributed by atoms with Gasteiger partial charge in [0.2, 0.25) is 0 Å². The Morgan fingerprint density at radius 1 is 0.283 bits per heavy atom. The standard InChI is InChI=1S/C80H156O17P2/c1-9-72(7)58-50-42-36-38-45-53-61-78(83)91-67-75(96-79(84)62-54-46-35-31-27-23-18-14-12-11-13-16-20-24-28-32-40-48-56-70(3)4)68-94-98(86,87)92-64-74(81)65-93-99(88,89)95-69-76(97-80(85)63-55-47-39-37-43-51-59-73(8)10-2)66-90-77(82)60-52-44-34-30-26-22-19-15-17-21-25-29-33-41-49-57-71(5)6/h70-76,81H,9-69H2,1-8H3,(H,86,87)(H,88,89)/t72?,73?,74-,75+,76+/m0/s1. The van der Waals surface area contributed by atoms with E-state index in [2.05, 4.69) is 55.4 Å². The second-order valence-electron chi connectivity index (χ2n) is 30.2. The molecule has 17 nitrogen and oxygen atoms in total. The Kier molecular flexibility index (Phi) is 67.8. The van der Waals surface area contributed by atoms with E-state index in [-0.39, 0.29) is 25.7 Å². The quantitative estimate of drug-likeness (QED) is 0.0222. The molecule has 7 atom stereocenters. The summed E-state index contributed by atoms with van der Waals surface area (Å²) in [6, 6.07) is 0. The molecule has 0 bridgehead atoms. The molecular formula is C80H156O17P2. The lowest BCUT2D eigenvalue weighted by Gasteiger charge is -2.21. The SMILES string of the molecule is CCC(C)CCCCCCCCC(=O)OC[C@H](COP(=O)(O)OC[C@H](O)COP(=O)(O)OC[C@@H](COC(=O)CCCCCCCCCCCCCCCCCC(C)C)OC(=O)CCCCCCCCC(C)CC)OC(=O)CCCCCCCCCCCCCCCCCCCCC(C)C. The molecule has 0 saturated heterocycles. The molecule has 0 fully saturated rings. The Morgan fingerprint density at radius 2 is 0.485 bits per heavy atom. The van der Waals surface area contributed by atoms with Gasteiger partial charge in [0.05, 0.1) is 26.4 Å². The molecular weight excluding hydrogens is 1290 g/mol. The third-order valence-corrected chi connectivity index (χ3v) is 21.2. The number of ether oxygens (including phenoxy) is 4. The van der Waals surface area contributed by atoms with E-state index in [1.807, 2.05) is 0 Å². The number of carbonyl (C=O) groups excluding carboxylic acids is 4. The second kappa shape index (κ2) is 69.1. The zero-order valence-electron chi connectivity index (χ0n) is 65.1. The van der Waals surface area contributed by atoms with E-state index in [4.69, 9.17) is 37.0 Å². The van der Waals surface area contributed by atoms with Gasteiger partial charge in [0.15, 0.2) is 12.2 Å². The van der Waals surface area contributed by atoms with Crippen molar-refractivity contribution in [1.82, 2.24) is 0 Å². The summed E-state index contributed by atoms with van der Waals surface area (Å²) in [7, 11) is -9.92. The Balaban J connectivity index is 5.15. The van der Waals surface area contributed by atoms with Crippen LogP contribution in [0.4, 0.5) is 0 Å². The molecule has 0 spiro atoms. The number of unbranched alkanes of at least 4 members (excludes halogenated alkanes) is 41. The molecule has 0 aliphatic heterocycles. The van der Waals surface area contributed by atoms with Crippen molar-refractivity contribution < 1.29 is 80.2 Å². The third kappa shape index (κ3) is 71.5. The van der Waals surface area contributed by atoms with Gasteiger partial charge in [0.25, 0.3) is 0 Å². The maximum Gasteiger partial charge on any atom is 0.472 e. The van der Waals surface area contributed by atoms with Crippen molar-refractivity contribution in [2.45, 2.75) is 427 Å². The van der Waals surface area contributed by atoms with Crippen LogP contribution in [0.2, 0.25) is 0 Å². The van der Waals surface area contributed by atoms with E-state index in [1.165, 1.54) is 205 Å². The average Bonchev–Trinajstić information content (AvgIpc) is 0.983. The van der Waals surface area contributed by atoms with Gasteiger partial charge in [0, 0.05) is 25.7 Å². The molecule has 0 aliphatic carbocycles. The van der Waals surface area contributed by atoms with Crippen LogP contribution >= 0.6 is 15.6 Å². The van der Waals surface area contributed by atoms with Crippen molar-refractivity contribution in [1.29, 1.82) is 0 Å². The Labute approximate surface area is 607 Å². The first-order valence-electron chi connectivity index (χ1n) is 41.3. The van der Waals surface area contributed by atoms with Crippen molar-refractivity contribution >= 4 is 39.5 Å². The van der Waals surface area contributed by atoms with Crippen LogP contribution in [0.5, 0.6) is 0 Å². The van der Waals surface area contributed by atoms with E-state index < -0.39 is 97.5 Å². The number of phosphoric acid groups is 2. The highest BCUT2D eigenvalue weighted by molar-refractivity contribution is 7.47. The topological polar surface area (TPSA) is 237 Å². The number of esters is 4. The molecule has 0 aliphatic rings. The first kappa shape index (κ1) is 97.1. The number of aliphatic hydroxyl groups excluding tert-OH is 1. The predicted octanol–water partition coefficient (Wildman–Crippen LogP) is 23.6. The number of carbonyl (C=O) groups is 4. The van der Waals surface area contributed by atoms with Gasteiger partial charge in [-0.05, 0) is 49.4 Å². The van der Waals surface area contributed by atoms with Crippen LogP contribution in [0.1, 0.15) is 409 Å². The van der Waals surface area contributed by atoms with Crippen molar-refractivity contribution in [3.63, 3.8) is 0 Å². The highest BCUT2D eigenvalue weighted by Crippen LogP contribution is 2.45. The van der Waals surface area contributed by atoms with Crippen molar-refractivity contribution in [3.8, 4) is 0 Å². The summed E-state index contributed by atoms with van der Waals surface area (Å²) >= 11 is 0. The molecule has 0 radical (unpaired) electrons. The summed E-state index contributed by atoms with van der Waals surface area (Å²) in [5.41, 5.74) is 0. The van der Waals surface area contributed by atoms with Gasteiger partial charge in [0.1, 0.15) is 19.3 Å². The van der Waals surface area contributed by atoms with Gasteiger partial charge in [-0.3, -0.25) is 37.3 Å². The normalized spacial score (nSPS) is 14.6. The minimum Gasteiger partial charge on any atom is -0.462 e. The number of hydrogen-bond donors (Lipinski definition) is 3. The molecule has 4 unspecified atom stereocenters. The molecule has 0 heterocycles. The highest BCUT2D eigenvalue weighted by atomic mass is 31.2. The second-order valence-corrected chi connectivity index (χ2v) is 33.1. The molecule has 99 heavy (non-hydrogen) atoms. The van der Waals surface area contributed by atoms with Crippen LogP contribution in [0.25, 0.3) is 0 Å². The van der Waals surface area contributed by atoms with Gasteiger partial charge in [-0.25, -0.2) is 9.13 Å². The van der Waals surface area contributed by atoms with Crippen molar-refractivity contribution in [2.24, 2.45) is 23.7 Å². The van der Waals surface area contributed by atoms with Crippen molar-refractivity contribution in [3.05, 3.63) is 0 Å². The summed E-state index contributed by atoms with van der Waals surface area (Å²) in [5.74, 6) is 0.957. The van der Waals surface area contributed by atoms with Crippen LogP contribution < -0.4 is 0 Å². The Bertz CT molecular complexity index is 1940. The fourth-order valence-corrected chi connectivity index (χ4v) is 13.8. The maximum absolute atomic E-state index is 13.1. The minimum absolute atomic E-state index is 0.103. The molecule has 0 aromatic heterocycles. The van der Waals surface area contributed by atoms with Crippen LogP contribution in [0, 0.1) is 23.7 Å². The lowest BCUT2D eigenvalue weighted by Crippen LogP contribution is -2.30. The van der Waals surface area contributed by atoms with E-state index in [0.29, 0.717) is 25.7 Å². The van der Waals surface area contributed by atoms with Gasteiger partial charge >= 0.3 is 39.5 Å².